The fraction of sp³-hybridized carbons (Fsp3) is 0.333. The average molecular weight is 364 g/mol. The largest absolute Gasteiger partial charge is 0.496 e. The molecule has 2 unspecified atom stereocenters. The molecule has 0 aliphatic rings. The van der Waals surface area contributed by atoms with Crippen LogP contribution in [0.4, 0.5) is 0 Å². The van der Waals surface area contributed by atoms with Crippen LogP contribution in [0.5, 0.6) is 11.5 Å². The molecule has 2 aromatic rings. The maximum atomic E-state index is 9.45. The van der Waals surface area contributed by atoms with Gasteiger partial charge in [0.1, 0.15) is 23.6 Å². The van der Waals surface area contributed by atoms with Crippen molar-refractivity contribution in [3.05, 3.63) is 59.7 Å². The van der Waals surface area contributed by atoms with Crippen LogP contribution in [-0.2, 0) is 0 Å². The zero-order valence-electron chi connectivity index (χ0n) is 15.6. The molecule has 2 N–H and O–H groups in total. The Kier molecular flexibility index (Phi) is 8.12. The van der Waals surface area contributed by atoms with Gasteiger partial charge in [-0.05, 0) is 31.6 Å². The molecule has 2 rings (SSSR count). The van der Waals surface area contributed by atoms with Crippen molar-refractivity contribution in [2.75, 3.05) is 27.3 Å². The summed E-state index contributed by atoms with van der Waals surface area (Å²) in [4.78, 5) is 0. The van der Waals surface area contributed by atoms with E-state index in [-0.39, 0.29) is 0 Å². The fourth-order valence-corrected chi connectivity index (χ4v) is 2.84. The van der Waals surface area contributed by atoms with Crippen molar-refractivity contribution in [2.24, 2.45) is 0 Å². The monoisotopic (exact) mass is 364 g/mol. The third-order valence-corrected chi connectivity index (χ3v) is 4.21. The summed E-state index contributed by atoms with van der Waals surface area (Å²) in [6.07, 6.45) is 0.765. The molecule has 0 saturated carbocycles. The van der Waals surface area contributed by atoms with Crippen molar-refractivity contribution in [1.82, 2.24) is 10.6 Å². The van der Waals surface area contributed by atoms with E-state index < -0.39 is 12.1 Å². The van der Waals surface area contributed by atoms with Crippen LogP contribution >= 0.6 is 0 Å². The summed E-state index contributed by atoms with van der Waals surface area (Å²) >= 11 is 0. The molecule has 140 valence electrons. The Morgan fingerprint density at radius 2 is 1.19 bits per heavy atom. The highest BCUT2D eigenvalue weighted by Gasteiger charge is 2.16. The summed E-state index contributed by atoms with van der Waals surface area (Å²) in [5.41, 5.74) is 1.64. The number of ether oxygens (including phenoxy) is 2. The van der Waals surface area contributed by atoms with Gasteiger partial charge in [-0.1, -0.05) is 36.4 Å². The van der Waals surface area contributed by atoms with E-state index in [1.54, 1.807) is 14.2 Å². The summed E-state index contributed by atoms with van der Waals surface area (Å²) in [6.45, 7) is 1.26. The number of hydrogen-bond acceptors (Lipinski definition) is 6. The van der Waals surface area contributed by atoms with Crippen LogP contribution in [0.25, 0.3) is 0 Å². The molecule has 0 amide bonds. The van der Waals surface area contributed by atoms with Crippen molar-refractivity contribution in [1.29, 1.82) is 10.5 Å². The molecule has 2 aromatic carbocycles. The molecule has 0 heterocycles. The number of benzene rings is 2. The molecule has 0 saturated heterocycles. The Hall–Kier alpha value is -3.06. The Morgan fingerprint density at radius 3 is 1.56 bits per heavy atom. The normalized spacial score (nSPS) is 12.4. The van der Waals surface area contributed by atoms with Crippen LogP contribution in [0.15, 0.2) is 48.5 Å². The second kappa shape index (κ2) is 10.8. The molecule has 0 aliphatic carbocycles. The maximum absolute atomic E-state index is 9.45. The molecule has 6 heteroatoms. The van der Waals surface area contributed by atoms with E-state index >= 15 is 0 Å². The lowest BCUT2D eigenvalue weighted by Crippen LogP contribution is -2.27. The van der Waals surface area contributed by atoms with E-state index in [1.165, 1.54) is 0 Å². The van der Waals surface area contributed by atoms with Gasteiger partial charge in [0.15, 0.2) is 0 Å². The third kappa shape index (κ3) is 5.46. The van der Waals surface area contributed by atoms with E-state index in [4.69, 9.17) is 9.47 Å². The molecular formula is C21H24N4O2. The number of rotatable bonds is 10. The van der Waals surface area contributed by atoms with Crippen molar-refractivity contribution in [3.63, 3.8) is 0 Å². The average Bonchev–Trinajstić information content (AvgIpc) is 2.73. The highest BCUT2D eigenvalue weighted by Crippen LogP contribution is 2.25. The van der Waals surface area contributed by atoms with Crippen molar-refractivity contribution < 1.29 is 9.47 Å². The summed E-state index contributed by atoms with van der Waals surface area (Å²) in [5, 5.41) is 25.3. The first-order chi connectivity index (χ1) is 13.2. The van der Waals surface area contributed by atoms with Crippen LogP contribution in [-0.4, -0.2) is 27.3 Å². The number of para-hydroxylation sites is 2. The summed E-state index contributed by atoms with van der Waals surface area (Å²) in [7, 11) is 3.19. The zero-order valence-corrected chi connectivity index (χ0v) is 15.6. The van der Waals surface area contributed by atoms with Crippen molar-refractivity contribution in [3.8, 4) is 23.6 Å². The first-order valence-electron chi connectivity index (χ1n) is 8.77. The van der Waals surface area contributed by atoms with Crippen LogP contribution in [0, 0.1) is 22.7 Å². The molecule has 0 aliphatic heterocycles. The van der Waals surface area contributed by atoms with E-state index in [1.807, 2.05) is 48.5 Å². The lowest BCUT2D eigenvalue weighted by molar-refractivity contribution is 0.403. The second-order valence-electron chi connectivity index (χ2n) is 5.87. The third-order valence-electron chi connectivity index (χ3n) is 4.21. The fourth-order valence-electron chi connectivity index (χ4n) is 2.84. The summed E-state index contributed by atoms with van der Waals surface area (Å²) in [5.74, 6) is 1.38. The van der Waals surface area contributed by atoms with Gasteiger partial charge < -0.3 is 9.47 Å². The Bertz CT molecular complexity index is 743. The van der Waals surface area contributed by atoms with Gasteiger partial charge in [-0.3, -0.25) is 10.6 Å². The maximum Gasteiger partial charge on any atom is 0.124 e. The molecule has 6 nitrogen and oxygen atoms in total. The standard InChI is InChI=1S/C21H24N4O2/c1-26-20-10-5-3-8-16(20)18(14-22)24-12-7-13-25-19(15-23)17-9-4-6-11-21(17)27-2/h3-6,8-11,18-19,24-25H,7,12-13H2,1-2H3. The quantitative estimate of drug-likeness (QED) is 0.630. The minimum Gasteiger partial charge on any atom is -0.496 e. The van der Waals surface area contributed by atoms with Gasteiger partial charge in [-0.15, -0.1) is 0 Å². The van der Waals surface area contributed by atoms with Gasteiger partial charge in [0.2, 0.25) is 0 Å². The van der Waals surface area contributed by atoms with Gasteiger partial charge in [-0.2, -0.15) is 10.5 Å². The predicted octanol–water partition coefficient (Wildman–Crippen LogP) is 3.10. The number of nitrogens with one attached hydrogen (secondary N) is 2. The zero-order chi connectivity index (χ0) is 19.5. The molecule has 2 atom stereocenters. The van der Waals surface area contributed by atoms with Gasteiger partial charge >= 0.3 is 0 Å². The predicted molar refractivity (Wildman–Crippen MR) is 103 cm³/mol. The van der Waals surface area contributed by atoms with Crippen LogP contribution < -0.4 is 20.1 Å². The van der Waals surface area contributed by atoms with Crippen LogP contribution in [0.2, 0.25) is 0 Å². The van der Waals surface area contributed by atoms with Gasteiger partial charge in [0.05, 0.1) is 26.4 Å². The number of methoxy groups -OCH3 is 2. The van der Waals surface area contributed by atoms with Crippen molar-refractivity contribution >= 4 is 0 Å². The molecule has 0 spiro atoms. The smallest absolute Gasteiger partial charge is 0.124 e. The van der Waals surface area contributed by atoms with Crippen molar-refractivity contribution in [2.45, 2.75) is 18.5 Å². The topological polar surface area (TPSA) is 90.1 Å². The molecule has 0 bridgehead atoms. The lowest BCUT2D eigenvalue weighted by Gasteiger charge is -2.17. The summed E-state index contributed by atoms with van der Waals surface area (Å²) in [6, 6.07) is 18.6. The number of nitriles is 2. The van der Waals surface area contributed by atoms with Crippen LogP contribution in [0.3, 0.4) is 0 Å². The lowest BCUT2D eigenvalue weighted by atomic mass is 10.1. The Balaban J connectivity index is 1.85. The van der Waals surface area contributed by atoms with E-state index in [9.17, 15) is 10.5 Å². The van der Waals surface area contributed by atoms with E-state index in [0.717, 1.165) is 17.5 Å². The van der Waals surface area contributed by atoms with E-state index in [2.05, 4.69) is 22.8 Å². The minimum atomic E-state index is -0.442. The van der Waals surface area contributed by atoms with E-state index in [0.29, 0.717) is 24.6 Å². The molecule has 0 fully saturated rings. The van der Waals surface area contributed by atoms with Crippen LogP contribution in [0.1, 0.15) is 29.6 Å². The first kappa shape index (κ1) is 20.3. The van der Waals surface area contributed by atoms with Gasteiger partial charge in [-0.25, -0.2) is 0 Å². The molecular weight excluding hydrogens is 340 g/mol. The number of hydrogen-bond donors (Lipinski definition) is 2. The second-order valence-corrected chi connectivity index (χ2v) is 5.87. The Morgan fingerprint density at radius 1 is 0.778 bits per heavy atom. The minimum absolute atomic E-state index is 0.442. The molecule has 0 radical (unpaired) electrons. The highest BCUT2D eigenvalue weighted by molar-refractivity contribution is 5.39. The van der Waals surface area contributed by atoms with Gasteiger partial charge in [0, 0.05) is 11.1 Å². The first-order valence-corrected chi connectivity index (χ1v) is 8.77. The number of nitrogens with zero attached hydrogens (tertiary/aromatic N) is 2. The summed E-state index contributed by atoms with van der Waals surface area (Å²) < 4.78 is 10.6. The van der Waals surface area contributed by atoms with Gasteiger partial charge in [0.25, 0.3) is 0 Å². The molecule has 27 heavy (non-hydrogen) atoms. The molecule has 0 aromatic heterocycles. The highest BCUT2D eigenvalue weighted by atomic mass is 16.5. The SMILES string of the molecule is COc1ccccc1C(C#N)NCCCNC(C#N)c1ccccc1OC. The Labute approximate surface area is 160 Å².